The first kappa shape index (κ1) is 22.3. The van der Waals surface area contributed by atoms with Gasteiger partial charge in [0.2, 0.25) is 15.9 Å². The number of rotatable bonds is 5. The molecule has 7 nitrogen and oxygen atoms in total. The van der Waals surface area contributed by atoms with Crippen LogP contribution in [0.4, 0.5) is 0 Å². The third-order valence-electron chi connectivity index (χ3n) is 5.45. The third kappa shape index (κ3) is 4.77. The van der Waals surface area contributed by atoms with Crippen molar-refractivity contribution in [3.05, 3.63) is 77.3 Å². The molecule has 0 aliphatic carbocycles. The van der Waals surface area contributed by atoms with Crippen LogP contribution in [0.5, 0.6) is 0 Å². The van der Waals surface area contributed by atoms with E-state index in [-0.39, 0.29) is 49.4 Å². The summed E-state index contributed by atoms with van der Waals surface area (Å²) in [5, 5.41) is 5.10. The number of fused-ring (bicyclic) bond motifs is 1. The van der Waals surface area contributed by atoms with Crippen molar-refractivity contribution in [2.75, 3.05) is 32.7 Å². The van der Waals surface area contributed by atoms with E-state index in [2.05, 4.69) is 5.32 Å². The number of nitrogens with zero attached hydrogens (tertiary/aromatic N) is 2. The van der Waals surface area contributed by atoms with Crippen molar-refractivity contribution >= 4 is 44.2 Å². The minimum absolute atomic E-state index is 0.143. The van der Waals surface area contributed by atoms with Gasteiger partial charge in [0, 0.05) is 36.8 Å². The van der Waals surface area contributed by atoms with Crippen LogP contribution in [0.2, 0.25) is 5.02 Å². The van der Waals surface area contributed by atoms with Gasteiger partial charge in [-0.1, -0.05) is 41.9 Å². The molecule has 0 aromatic heterocycles. The molecule has 1 aliphatic rings. The Bertz CT molecular complexity index is 1250. The van der Waals surface area contributed by atoms with Gasteiger partial charge in [-0.2, -0.15) is 4.31 Å². The second kappa shape index (κ2) is 9.28. The molecule has 0 radical (unpaired) electrons. The van der Waals surface area contributed by atoms with Gasteiger partial charge in [0.05, 0.1) is 11.4 Å². The summed E-state index contributed by atoms with van der Waals surface area (Å²) in [4.78, 5) is 26.7. The Morgan fingerprint density at radius 2 is 1.53 bits per heavy atom. The van der Waals surface area contributed by atoms with Crippen LogP contribution >= 0.6 is 11.6 Å². The molecule has 0 unspecified atom stereocenters. The standard InChI is InChI=1S/C23H22ClN3O4S/c24-20-7-9-21(10-8-20)32(30,31)27-13-11-26(12-14-27)22(28)16-25-23(29)19-6-5-17-3-1-2-4-18(17)15-19/h1-10,15H,11-14,16H2,(H,25,29). The Balaban J connectivity index is 1.31. The summed E-state index contributed by atoms with van der Waals surface area (Å²) in [7, 11) is -3.64. The monoisotopic (exact) mass is 471 g/mol. The molecular formula is C23H22ClN3O4S. The van der Waals surface area contributed by atoms with E-state index in [9.17, 15) is 18.0 Å². The van der Waals surface area contributed by atoms with E-state index in [0.717, 1.165) is 10.8 Å². The second-order valence-corrected chi connectivity index (χ2v) is 9.86. The minimum atomic E-state index is -3.64. The van der Waals surface area contributed by atoms with Crippen molar-refractivity contribution in [2.45, 2.75) is 4.90 Å². The summed E-state index contributed by atoms with van der Waals surface area (Å²) in [6.07, 6.45) is 0. The molecule has 3 aromatic rings. The van der Waals surface area contributed by atoms with Crippen LogP contribution in [0.15, 0.2) is 71.6 Å². The van der Waals surface area contributed by atoms with E-state index in [0.29, 0.717) is 10.6 Å². The van der Waals surface area contributed by atoms with Crippen molar-refractivity contribution in [3.8, 4) is 0 Å². The van der Waals surface area contributed by atoms with Crippen molar-refractivity contribution in [2.24, 2.45) is 0 Å². The van der Waals surface area contributed by atoms with Gasteiger partial charge in [0.1, 0.15) is 0 Å². The fraction of sp³-hybridized carbons (Fsp3) is 0.217. The quantitative estimate of drug-likeness (QED) is 0.620. The molecule has 0 saturated carbocycles. The number of hydrogen-bond acceptors (Lipinski definition) is 4. The van der Waals surface area contributed by atoms with Crippen LogP contribution in [0, 0.1) is 0 Å². The Morgan fingerprint density at radius 1 is 0.875 bits per heavy atom. The first-order chi connectivity index (χ1) is 15.3. The summed E-state index contributed by atoms with van der Waals surface area (Å²) >= 11 is 5.84. The maximum Gasteiger partial charge on any atom is 0.251 e. The van der Waals surface area contributed by atoms with Gasteiger partial charge in [-0.25, -0.2) is 8.42 Å². The van der Waals surface area contributed by atoms with Crippen LogP contribution in [0.3, 0.4) is 0 Å². The predicted molar refractivity (Wildman–Crippen MR) is 123 cm³/mol. The van der Waals surface area contributed by atoms with Gasteiger partial charge >= 0.3 is 0 Å². The molecule has 1 saturated heterocycles. The maximum absolute atomic E-state index is 12.8. The van der Waals surface area contributed by atoms with Crippen LogP contribution in [-0.2, 0) is 14.8 Å². The fourth-order valence-electron chi connectivity index (χ4n) is 3.63. The molecule has 4 rings (SSSR count). The summed E-state index contributed by atoms with van der Waals surface area (Å²) < 4.78 is 26.9. The van der Waals surface area contributed by atoms with E-state index < -0.39 is 10.0 Å². The summed E-state index contributed by atoms with van der Waals surface area (Å²) in [6.45, 7) is 0.759. The van der Waals surface area contributed by atoms with Crippen molar-refractivity contribution < 1.29 is 18.0 Å². The number of amides is 2. The van der Waals surface area contributed by atoms with Gasteiger partial charge in [0.15, 0.2) is 0 Å². The second-order valence-electron chi connectivity index (χ2n) is 7.48. The van der Waals surface area contributed by atoms with Crippen LogP contribution in [-0.4, -0.2) is 62.2 Å². The van der Waals surface area contributed by atoms with E-state index >= 15 is 0 Å². The van der Waals surface area contributed by atoms with Crippen molar-refractivity contribution in [3.63, 3.8) is 0 Å². The number of carbonyl (C=O) groups excluding carboxylic acids is 2. The molecular weight excluding hydrogens is 450 g/mol. The largest absolute Gasteiger partial charge is 0.343 e. The van der Waals surface area contributed by atoms with E-state index in [1.54, 1.807) is 17.0 Å². The number of sulfonamides is 1. The highest BCUT2D eigenvalue weighted by Gasteiger charge is 2.30. The molecule has 0 spiro atoms. The third-order valence-corrected chi connectivity index (χ3v) is 7.62. The highest BCUT2D eigenvalue weighted by Crippen LogP contribution is 2.20. The Hall–Kier alpha value is -2.94. The number of nitrogens with one attached hydrogen (secondary N) is 1. The molecule has 166 valence electrons. The van der Waals surface area contributed by atoms with Gasteiger partial charge in [-0.05, 0) is 47.2 Å². The average Bonchev–Trinajstić information content (AvgIpc) is 2.82. The normalized spacial score (nSPS) is 15.0. The molecule has 0 atom stereocenters. The highest BCUT2D eigenvalue weighted by molar-refractivity contribution is 7.89. The zero-order valence-electron chi connectivity index (χ0n) is 17.2. The first-order valence-corrected chi connectivity index (χ1v) is 12.0. The smallest absolute Gasteiger partial charge is 0.251 e. The summed E-state index contributed by atoms with van der Waals surface area (Å²) in [6, 6.07) is 19.1. The lowest BCUT2D eigenvalue weighted by atomic mass is 10.1. The SMILES string of the molecule is O=C(NCC(=O)N1CCN(S(=O)(=O)c2ccc(Cl)cc2)CC1)c1ccc2ccccc2c1. The molecule has 1 fully saturated rings. The van der Waals surface area contributed by atoms with E-state index in [4.69, 9.17) is 11.6 Å². The first-order valence-electron chi connectivity index (χ1n) is 10.1. The van der Waals surface area contributed by atoms with Gasteiger partial charge in [-0.3, -0.25) is 9.59 Å². The molecule has 1 aliphatic heterocycles. The lowest BCUT2D eigenvalue weighted by molar-refractivity contribution is -0.131. The minimum Gasteiger partial charge on any atom is -0.343 e. The Morgan fingerprint density at radius 3 is 2.22 bits per heavy atom. The number of benzene rings is 3. The average molecular weight is 472 g/mol. The summed E-state index contributed by atoms with van der Waals surface area (Å²) in [5.74, 6) is -0.573. The summed E-state index contributed by atoms with van der Waals surface area (Å²) in [5.41, 5.74) is 0.482. The van der Waals surface area contributed by atoms with Crippen LogP contribution in [0.25, 0.3) is 10.8 Å². The van der Waals surface area contributed by atoms with Crippen LogP contribution in [0.1, 0.15) is 10.4 Å². The zero-order valence-corrected chi connectivity index (χ0v) is 18.8. The Labute approximate surface area is 191 Å². The van der Waals surface area contributed by atoms with Gasteiger partial charge < -0.3 is 10.2 Å². The van der Waals surface area contributed by atoms with Gasteiger partial charge in [0.25, 0.3) is 5.91 Å². The number of carbonyl (C=O) groups is 2. The molecule has 1 N–H and O–H groups in total. The molecule has 2 amide bonds. The fourth-order valence-corrected chi connectivity index (χ4v) is 5.18. The van der Waals surface area contributed by atoms with Gasteiger partial charge in [-0.15, -0.1) is 0 Å². The Kier molecular flexibility index (Phi) is 6.45. The number of hydrogen-bond donors (Lipinski definition) is 1. The number of piperazine rings is 1. The van der Waals surface area contributed by atoms with Crippen molar-refractivity contribution in [1.82, 2.24) is 14.5 Å². The molecule has 1 heterocycles. The predicted octanol–water partition coefficient (Wildman–Crippen LogP) is 2.76. The molecule has 32 heavy (non-hydrogen) atoms. The van der Waals surface area contributed by atoms with Crippen molar-refractivity contribution in [1.29, 1.82) is 0 Å². The zero-order chi connectivity index (χ0) is 22.7. The topological polar surface area (TPSA) is 86.8 Å². The number of halogens is 1. The molecule has 0 bridgehead atoms. The lowest BCUT2D eigenvalue weighted by Crippen LogP contribution is -2.52. The lowest BCUT2D eigenvalue weighted by Gasteiger charge is -2.34. The molecule has 3 aromatic carbocycles. The maximum atomic E-state index is 12.8. The highest BCUT2D eigenvalue weighted by atomic mass is 35.5. The van der Waals surface area contributed by atoms with E-state index in [1.807, 2.05) is 30.3 Å². The van der Waals surface area contributed by atoms with Crippen LogP contribution < -0.4 is 5.32 Å². The van der Waals surface area contributed by atoms with E-state index in [1.165, 1.54) is 28.6 Å². The molecule has 9 heteroatoms.